The maximum Gasteiger partial charge on any atom is 0.252 e. The minimum Gasteiger partial charge on any atom is -0.396 e. The van der Waals surface area contributed by atoms with Gasteiger partial charge in [-0.1, -0.05) is 60.7 Å². The molecule has 0 aromatic heterocycles. The minimum atomic E-state index is -0.492. The van der Waals surface area contributed by atoms with Crippen molar-refractivity contribution in [2.45, 2.75) is 57.1 Å². The van der Waals surface area contributed by atoms with Crippen molar-refractivity contribution in [3.8, 4) is 0 Å². The summed E-state index contributed by atoms with van der Waals surface area (Å²) in [7, 11) is 1.59. The van der Waals surface area contributed by atoms with Gasteiger partial charge in [-0.25, -0.2) is 0 Å². The van der Waals surface area contributed by atoms with E-state index in [2.05, 4.69) is 0 Å². The summed E-state index contributed by atoms with van der Waals surface area (Å²) in [5.74, 6) is 0.0184. The topological polar surface area (TPSA) is 59.0 Å². The van der Waals surface area contributed by atoms with Crippen LogP contribution in [0.2, 0.25) is 0 Å². The van der Waals surface area contributed by atoms with Crippen molar-refractivity contribution in [3.05, 3.63) is 71.8 Å². The van der Waals surface area contributed by atoms with Crippen LogP contribution in [0.5, 0.6) is 0 Å². The van der Waals surface area contributed by atoms with Crippen molar-refractivity contribution < 1.29 is 19.4 Å². The van der Waals surface area contributed by atoms with Crippen molar-refractivity contribution >= 4 is 5.91 Å². The van der Waals surface area contributed by atoms with E-state index < -0.39 is 6.10 Å². The average molecular weight is 398 g/mol. The minimum absolute atomic E-state index is 0.0184. The summed E-state index contributed by atoms with van der Waals surface area (Å²) in [5.41, 5.74) is 2.20. The van der Waals surface area contributed by atoms with Crippen LogP contribution >= 0.6 is 0 Å². The third kappa shape index (κ3) is 5.89. The number of benzene rings is 2. The monoisotopic (exact) mass is 397 g/mol. The number of hydrogen-bond donors (Lipinski definition) is 1. The molecule has 1 amide bonds. The van der Waals surface area contributed by atoms with E-state index >= 15 is 0 Å². The Morgan fingerprint density at radius 3 is 2.28 bits per heavy atom. The molecule has 5 nitrogen and oxygen atoms in total. The van der Waals surface area contributed by atoms with Gasteiger partial charge in [0.05, 0.1) is 18.8 Å². The molecule has 5 heteroatoms. The maximum atomic E-state index is 13.1. The lowest BCUT2D eigenvalue weighted by atomic mass is 9.91. The van der Waals surface area contributed by atoms with Gasteiger partial charge in [0.2, 0.25) is 0 Å². The van der Waals surface area contributed by atoms with Gasteiger partial charge in [0.1, 0.15) is 6.10 Å². The SMILES string of the molecule is COC1CC(OCc2ccccc2)C(CCCCO)N(Cc2ccccc2)C1=O. The molecule has 1 aliphatic heterocycles. The maximum absolute atomic E-state index is 13.1. The number of unbranched alkanes of at least 4 members (excludes halogenated alkanes) is 1. The second kappa shape index (κ2) is 11.1. The summed E-state index contributed by atoms with van der Waals surface area (Å²) in [6.07, 6.45) is 2.33. The van der Waals surface area contributed by atoms with Gasteiger partial charge in [-0.05, 0) is 30.4 Å². The van der Waals surface area contributed by atoms with Crippen LogP contribution in [0.1, 0.15) is 36.8 Å². The summed E-state index contributed by atoms with van der Waals surface area (Å²) in [4.78, 5) is 15.0. The fourth-order valence-corrected chi connectivity index (χ4v) is 3.95. The molecule has 0 radical (unpaired) electrons. The molecule has 1 N–H and O–H groups in total. The fourth-order valence-electron chi connectivity index (χ4n) is 3.95. The first-order valence-corrected chi connectivity index (χ1v) is 10.4. The number of piperidine rings is 1. The van der Waals surface area contributed by atoms with Crippen LogP contribution in [0.15, 0.2) is 60.7 Å². The Morgan fingerprint density at radius 1 is 1.00 bits per heavy atom. The van der Waals surface area contributed by atoms with E-state index in [9.17, 15) is 9.90 Å². The van der Waals surface area contributed by atoms with E-state index in [1.165, 1.54) is 0 Å². The van der Waals surface area contributed by atoms with Gasteiger partial charge in [-0.15, -0.1) is 0 Å². The largest absolute Gasteiger partial charge is 0.396 e. The number of amides is 1. The number of methoxy groups -OCH3 is 1. The highest BCUT2D eigenvalue weighted by molar-refractivity contribution is 5.82. The zero-order valence-corrected chi connectivity index (χ0v) is 17.1. The Morgan fingerprint density at radius 2 is 1.66 bits per heavy atom. The van der Waals surface area contributed by atoms with Crippen LogP contribution in [0.25, 0.3) is 0 Å². The lowest BCUT2D eigenvalue weighted by Crippen LogP contribution is -2.57. The molecule has 0 spiro atoms. The highest BCUT2D eigenvalue weighted by Crippen LogP contribution is 2.29. The quantitative estimate of drug-likeness (QED) is 0.623. The van der Waals surface area contributed by atoms with E-state index in [0.717, 1.165) is 30.4 Å². The van der Waals surface area contributed by atoms with Crippen molar-refractivity contribution in [1.29, 1.82) is 0 Å². The molecule has 3 unspecified atom stereocenters. The molecule has 0 saturated carbocycles. The molecule has 156 valence electrons. The summed E-state index contributed by atoms with van der Waals surface area (Å²) < 4.78 is 11.8. The van der Waals surface area contributed by atoms with E-state index in [1.807, 2.05) is 65.6 Å². The van der Waals surface area contributed by atoms with E-state index in [-0.39, 0.29) is 24.7 Å². The molecule has 3 rings (SSSR count). The summed E-state index contributed by atoms with van der Waals surface area (Å²) in [5, 5.41) is 9.22. The molecule has 1 heterocycles. The second-order valence-electron chi connectivity index (χ2n) is 7.53. The number of aliphatic hydroxyl groups excluding tert-OH is 1. The summed E-state index contributed by atoms with van der Waals surface area (Å²) >= 11 is 0. The Hall–Kier alpha value is -2.21. The van der Waals surface area contributed by atoms with Crippen LogP contribution in [0.3, 0.4) is 0 Å². The molecule has 2 aromatic rings. The number of rotatable bonds is 10. The van der Waals surface area contributed by atoms with Gasteiger partial charge in [-0.3, -0.25) is 4.79 Å². The Balaban J connectivity index is 1.79. The number of carbonyl (C=O) groups is 1. The van der Waals surface area contributed by atoms with Crippen molar-refractivity contribution in [2.24, 2.45) is 0 Å². The van der Waals surface area contributed by atoms with Gasteiger partial charge in [0.15, 0.2) is 0 Å². The van der Waals surface area contributed by atoms with Crippen molar-refractivity contribution in [3.63, 3.8) is 0 Å². The highest BCUT2D eigenvalue weighted by atomic mass is 16.5. The van der Waals surface area contributed by atoms with Gasteiger partial charge in [0, 0.05) is 26.7 Å². The third-order valence-electron chi connectivity index (χ3n) is 5.53. The van der Waals surface area contributed by atoms with Crippen LogP contribution in [0.4, 0.5) is 0 Å². The number of hydrogen-bond acceptors (Lipinski definition) is 4. The van der Waals surface area contributed by atoms with E-state index in [4.69, 9.17) is 9.47 Å². The molecule has 1 aliphatic rings. The van der Waals surface area contributed by atoms with E-state index in [0.29, 0.717) is 19.6 Å². The predicted molar refractivity (Wildman–Crippen MR) is 112 cm³/mol. The van der Waals surface area contributed by atoms with Crippen LogP contribution < -0.4 is 0 Å². The standard InChI is InChI=1S/C24H31NO4/c1-28-23-16-22(29-18-20-12-6-3-7-13-20)21(14-8-9-15-26)25(24(23)27)17-19-10-4-2-5-11-19/h2-7,10-13,21-23,26H,8-9,14-18H2,1H3. The first-order valence-electron chi connectivity index (χ1n) is 10.4. The Bertz CT molecular complexity index is 737. The van der Waals surface area contributed by atoms with Gasteiger partial charge < -0.3 is 19.5 Å². The van der Waals surface area contributed by atoms with E-state index in [1.54, 1.807) is 7.11 Å². The molecule has 29 heavy (non-hydrogen) atoms. The fraction of sp³-hybridized carbons (Fsp3) is 0.458. The number of nitrogens with zero attached hydrogens (tertiary/aromatic N) is 1. The number of aliphatic hydroxyl groups is 1. The molecule has 1 saturated heterocycles. The van der Waals surface area contributed by atoms with Gasteiger partial charge in [-0.2, -0.15) is 0 Å². The van der Waals surface area contributed by atoms with Crippen LogP contribution in [0, 0.1) is 0 Å². The Kier molecular flexibility index (Phi) is 8.23. The highest BCUT2D eigenvalue weighted by Gasteiger charge is 2.42. The first kappa shape index (κ1) is 21.5. The molecule has 3 atom stereocenters. The normalized spacial score (nSPS) is 22.1. The molecule has 0 bridgehead atoms. The Labute approximate surface area is 173 Å². The first-order chi connectivity index (χ1) is 14.2. The lowest BCUT2D eigenvalue weighted by Gasteiger charge is -2.44. The zero-order valence-electron chi connectivity index (χ0n) is 17.1. The second-order valence-corrected chi connectivity index (χ2v) is 7.53. The van der Waals surface area contributed by atoms with Gasteiger partial charge >= 0.3 is 0 Å². The van der Waals surface area contributed by atoms with Crippen molar-refractivity contribution in [1.82, 2.24) is 4.90 Å². The number of carbonyl (C=O) groups excluding carboxylic acids is 1. The van der Waals surface area contributed by atoms with Crippen molar-refractivity contribution in [2.75, 3.05) is 13.7 Å². The molecule has 1 fully saturated rings. The van der Waals surface area contributed by atoms with Crippen LogP contribution in [-0.2, 0) is 27.4 Å². The van der Waals surface area contributed by atoms with Gasteiger partial charge in [0.25, 0.3) is 5.91 Å². The number of likely N-dealkylation sites (tertiary alicyclic amines) is 1. The molecular formula is C24H31NO4. The summed E-state index contributed by atoms with van der Waals surface area (Å²) in [6, 6.07) is 20.1. The van der Waals surface area contributed by atoms with Crippen LogP contribution in [-0.4, -0.2) is 47.9 Å². The number of ether oxygens (including phenoxy) is 2. The lowest BCUT2D eigenvalue weighted by molar-refractivity contribution is -0.164. The molecular weight excluding hydrogens is 366 g/mol. The third-order valence-corrected chi connectivity index (χ3v) is 5.53. The summed E-state index contributed by atoms with van der Waals surface area (Å²) in [6.45, 7) is 1.20. The molecule has 0 aliphatic carbocycles. The predicted octanol–water partition coefficient (Wildman–Crippen LogP) is 3.55. The average Bonchev–Trinajstić information content (AvgIpc) is 2.77. The smallest absolute Gasteiger partial charge is 0.252 e. The zero-order chi connectivity index (χ0) is 20.5. The molecule has 2 aromatic carbocycles.